The number of halogens is 3. The Bertz CT molecular complexity index is 872. The minimum absolute atomic E-state index is 0.0296. The van der Waals surface area contributed by atoms with Crippen molar-refractivity contribution in [2.24, 2.45) is 0 Å². The van der Waals surface area contributed by atoms with Crippen LogP contribution in [0.25, 0.3) is 0 Å². The van der Waals surface area contributed by atoms with Crippen LogP contribution in [0.15, 0.2) is 42.5 Å². The highest BCUT2D eigenvalue weighted by Crippen LogP contribution is 2.27. The zero-order valence-electron chi connectivity index (χ0n) is 17.1. The molecule has 0 aliphatic heterocycles. The smallest absolute Gasteiger partial charge is 0.242 e. The molecule has 0 aliphatic rings. The Morgan fingerprint density at radius 2 is 1.67 bits per heavy atom. The van der Waals surface area contributed by atoms with Gasteiger partial charge in [-0.1, -0.05) is 53.0 Å². The second-order valence-electron chi connectivity index (χ2n) is 7.18. The molecular formula is C22H25Cl3N2O2S. The van der Waals surface area contributed by atoms with E-state index in [0.717, 1.165) is 5.56 Å². The van der Waals surface area contributed by atoms with Crippen LogP contribution in [0.4, 0.5) is 0 Å². The lowest BCUT2D eigenvalue weighted by atomic mass is 10.1. The molecule has 30 heavy (non-hydrogen) atoms. The standard InChI is InChI=1S/C22H25Cl3N2O2S/c1-14(2)26-22(29)15(3)27(11-18-19(24)8-5-9-20(18)25)21(28)13-30-12-16-6-4-7-17(23)10-16/h4-10,14-15H,11-13H2,1-3H3,(H,26,29)/t15-/m1/s1. The van der Waals surface area contributed by atoms with Crippen molar-refractivity contribution in [1.29, 1.82) is 0 Å². The van der Waals surface area contributed by atoms with E-state index in [9.17, 15) is 9.59 Å². The summed E-state index contributed by atoms with van der Waals surface area (Å²) >= 11 is 20.1. The summed E-state index contributed by atoms with van der Waals surface area (Å²) in [7, 11) is 0. The van der Waals surface area contributed by atoms with Gasteiger partial charge in [0.05, 0.1) is 5.75 Å². The largest absolute Gasteiger partial charge is 0.352 e. The summed E-state index contributed by atoms with van der Waals surface area (Å²) in [4.78, 5) is 27.2. The van der Waals surface area contributed by atoms with Crippen molar-refractivity contribution in [3.8, 4) is 0 Å². The molecule has 0 radical (unpaired) electrons. The Kier molecular flexibility index (Phi) is 9.82. The number of nitrogens with one attached hydrogen (secondary N) is 1. The molecule has 0 unspecified atom stereocenters. The molecule has 0 spiro atoms. The predicted octanol–water partition coefficient (Wildman–Crippen LogP) is 5.82. The minimum atomic E-state index is -0.668. The Labute approximate surface area is 197 Å². The number of benzene rings is 2. The van der Waals surface area contributed by atoms with E-state index in [0.29, 0.717) is 26.4 Å². The number of hydrogen-bond acceptors (Lipinski definition) is 3. The van der Waals surface area contributed by atoms with E-state index in [2.05, 4.69) is 5.32 Å². The number of hydrogen-bond donors (Lipinski definition) is 1. The summed E-state index contributed by atoms with van der Waals surface area (Å²) in [6.45, 7) is 5.62. The second kappa shape index (κ2) is 11.8. The molecule has 2 amide bonds. The van der Waals surface area contributed by atoms with Gasteiger partial charge in [0, 0.05) is 39.0 Å². The molecule has 0 aromatic heterocycles. The predicted molar refractivity (Wildman–Crippen MR) is 127 cm³/mol. The topological polar surface area (TPSA) is 49.4 Å². The van der Waals surface area contributed by atoms with Crippen LogP contribution >= 0.6 is 46.6 Å². The average molecular weight is 488 g/mol. The number of thioether (sulfide) groups is 1. The van der Waals surface area contributed by atoms with Gasteiger partial charge in [-0.15, -0.1) is 11.8 Å². The first-order valence-corrected chi connectivity index (χ1v) is 11.8. The zero-order chi connectivity index (χ0) is 22.3. The lowest BCUT2D eigenvalue weighted by molar-refractivity contribution is -0.138. The molecule has 8 heteroatoms. The van der Waals surface area contributed by atoms with Crippen molar-refractivity contribution < 1.29 is 9.59 Å². The third kappa shape index (κ3) is 7.38. The fourth-order valence-corrected chi connectivity index (χ4v) is 4.39. The monoisotopic (exact) mass is 486 g/mol. The Morgan fingerprint density at radius 1 is 1.03 bits per heavy atom. The molecule has 1 N–H and O–H groups in total. The van der Waals surface area contributed by atoms with Gasteiger partial charge in [-0.3, -0.25) is 9.59 Å². The van der Waals surface area contributed by atoms with Crippen molar-refractivity contribution in [2.45, 2.75) is 45.2 Å². The van der Waals surface area contributed by atoms with Gasteiger partial charge in [0.25, 0.3) is 0 Å². The first-order chi connectivity index (χ1) is 14.2. The molecule has 4 nitrogen and oxygen atoms in total. The number of carbonyl (C=O) groups is 2. The number of amides is 2. The summed E-state index contributed by atoms with van der Waals surface area (Å²) in [5.41, 5.74) is 1.66. The van der Waals surface area contributed by atoms with Gasteiger partial charge in [0.2, 0.25) is 11.8 Å². The highest BCUT2D eigenvalue weighted by Gasteiger charge is 2.27. The zero-order valence-corrected chi connectivity index (χ0v) is 20.2. The summed E-state index contributed by atoms with van der Waals surface area (Å²) in [6, 6.07) is 12.0. The summed E-state index contributed by atoms with van der Waals surface area (Å²) in [5.74, 6) is 0.471. The highest BCUT2D eigenvalue weighted by atomic mass is 35.5. The van der Waals surface area contributed by atoms with Crippen LogP contribution in [0.1, 0.15) is 31.9 Å². The maximum Gasteiger partial charge on any atom is 0.242 e. The van der Waals surface area contributed by atoms with Crippen molar-refractivity contribution in [3.63, 3.8) is 0 Å². The van der Waals surface area contributed by atoms with Gasteiger partial charge >= 0.3 is 0 Å². The fourth-order valence-electron chi connectivity index (χ4n) is 2.81. The van der Waals surface area contributed by atoms with Gasteiger partial charge in [-0.2, -0.15) is 0 Å². The SMILES string of the molecule is CC(C)NC(=O)[C@@H](C)N(Cc1c(Cl)cccc1Cl)C(=O)CSCc1cccc(Cl)c1. The molecule has 162 valence electrons. The minimum Gasteiger partial charge on any atom is -0.352 e. The molecule has 0 heterocycles. The molecule has 2 rings (SSSR count). The summed E-state index contributed by atoms with van der Waals surface area (Å²) < 4.78 is 0. The van der Waals surface area contributed by atoms with Crippen LogP contribution in [0.5, 0.6) is 0 Å². The van der Waals surface area contributed by atoms with Crippen molar-refractivity contribution >= 4 is 58.4 Å². The van der Waals surface area contributed by atoms with Gasteiger partial charge in [-0.25, -0.2) is 0 Å². The van der Waals surface area contributed by atoms with Gasteiger partial charge in [0.1, 0.15) is 6.04 Å². The third-order valence-electron chi connectivity index (χ3n) is 4.37. The number of nitrogens with zero attached hydrogens (tertiary/aromatic N) is 1. The Balaban J connectivity index is 2.14. The number of carbonyl (C=O) groups excluding carboxylic acids is 2. The van der Waals surface area contributed by atoms with Crippen molar-refractivity contribution in [2.75, 3.05) is 5.75 Å². The molecule has 0 saturated carbocycles. The molecule has 0 aliphatic carbocycles. The van der Waals surface area contributed by atoms with Gasteiger partial charge in [0.15, 0.2) is 0 Å². The number of rotatable bonds is 9. The highest BCUT2D eigenvalue weighted by molar-refractivity contribution is 7.99. The van der Waals surface area contributed by atoms with Gasteiger partial charge < -0.3 is 10.2 Å². The fraction of sp³-hybridized carbons (Fsp3) is 0.364. The van der Waals surface area contributed by atoms with Crippen LogP contribution in [0.3, 0.4) is 0 Å². The first-order valence-electron chi connectivity index (χ1n) is 9.54. The van der Waals surface area contributed by atoms with E-state index in [1.807, 2.05) is 38.1 Å². The average Bonchev–Trinajstić information content (AvgIpc) is 2.66. The summed E-state index contributed by atoms with van der Waals surface area (Å²) in [6.07, 6.45) is 0. The molecular weight excluding hydrogens is 463 g/mol. The van der Waals surface area contributed by atoms with E-state index >= 15 is 0 Å². The van der Waals surface area contributed by atoms with Crippen LogP contribution in [0, 0.1) is 0 Å². The lowest BCUT2D eigenvalue weighted by Crippen LogP contribution is -2.49. The van der Waals surface area contributed by atoms with Crippen LogP contribution < -0.4 is 5.32 Å². The van der Waals surface area contributed by atoms with E-state index in [4.69, 9.17) is 34.8 Å². The third-order valence-corrected chi connectivity index (χ3v) is 6.30. The molecule has 0 saturated heterocycles. The van der Waals surface area contributed by atoms with Crippen molar-refractivity contribution in [1.82, 2.24) is 10.2 Å². The Morgan fingerprint density at radius 3 is 2.27 bits per heavy atom. The Hall–Kier alpha value is -1.40. The molecule has 2 aromatic carbocycles. The maximum absolute atomic E-state index is 13.1. The van der Waals surface area contributed by atoms with Crippen molar-refractivity contribution in [3.05, 3.63) is 68.7 Å². The molecule has 0 bridgehead atoms. The van der Waals surface area contributed by atoms with E-state index in [1.165, 1.54) is 16.7 Å². The molecule has 2 aromatic rings. The van der Waals surface area contributed by atoms with Crippen LogP contribution in [-0.2, 0) is 21.9 Å². The quantitative estimate of drug-likeness (QED) is 0.485. The van der Waals surface area contributed by atoms with Crippen LogP contribution in [0.2, 0.25) is 15.1 Å². The molecule has 0 fully saturated rings. The maximum atomic E-state index is 13.1. The van der Waals surface area contributed by atoms with Gasteiger partial charge in [-0.05, 0) is 50.6 Å². The van der Waals surface area contributed by atoms with E-state index in [1.54, 1.807) is 25.1 Å². The van der Waals surface area contributed by atoms with Crippen LogP contribution in [-0.4, -0.2) is 34.6 Å². The normalized spacial score (nSPS) is 12.0. The summed E-state index contributed by atoms with van der Waals surface area (Å²) in [5, 5.41) is 4.44. The first kappa shape index (κ1) is 24.9. The van der Waals surface area contributed by atoms with E-state index < -0.39 is 6.04 Å². The van der Waals surface area contributed by atoms with E-state index in [-0.39, 0.29) is 30.2 Å². The second-order valence-corrected chi connectivity index (χ2v) is 9.42. The molecule has 1 atom stereocenters. The lowest BCUT2D eigenvalue weighted by Gasteiger charge is -2.30.